The van der Waals surface area contributed by atoms with Crippen LogP contribution in [0.1, 0.15) is 30.8 Å². The monoisotopic (exact) mass is 430 g/mol. The van der Waals surface area contributed by atoms with Crippen molar-refractivity contribution in [3.63, 3.8) is 0 Å². The fourth-order valence-electron chi connectivity index (χ4n) is 4.01. The van der Waals surface area contributed by atoms with E-state index in [2.05, 4.69) is 10.2 Å². The van der Waals surface area contributed by atoms with Crippen molar-refractivity contribution < 1.29 is 14.0 Å². The number of aromatic nitrogens is 1. The molecule has 30 heavy (non-hydrogen) atoms. The minimum absolute atomic E-state index is 0.0270. The van der Waals surface area contributed by atoms with Crippen molar-refractivity contribution in [1.82, 2.24) is 9.88 Å². The van der Waals surface area contributed by atoms with Crippen molar-refractivity contribution in [2.45, 2.75) is 33.1 Å². The van der Waals surface area contributed by atoms with E-state index < -0.39 is 0 Å². The van der Waals surface area contributed by atoms with Crippen molar-refractivity contribution in [3.05, 3.63) is 40.7 Å². The first-order valence-electron chi connectivity index (χ1n) is 10.5. The van der Waals surface area contributed by atoms with Crippen LogP contribution in [0.5, 0.6) is 0 Å². The number of amides is 2. The van der Waals surface area contributed by atoms with Crippen LogP contribution in [0.25, 0.3) is 0 Å². The lowest BCUT2D eigenvalue weighted by atomic mass is 9.90. The molecule has 1 fully saturated rings. The lowest BCUT2D eigenvalue weighted by Crippen LogP contribution is -2.49. The van der Waals surface area contributed by atoms with Gasteiger partial charge in [0.1, 0.15) is 5.82 Å². The number of nitrogens with zero attached hydrogens (tertiary/aromatic N) is 3. The summed E-state index contributed by atoms with van der Waals surface area (Å²) in [7, 11) is 0. The Labute approximate surface area is 180 Å². The summed E-state index contributed by atoms with van der Waals surface area (Å²) < 4.78 is 13.4. The minimum atomic E-state index is -0.360. The van der Waals surface area contributed by atoms with E-state index in [0.29, 0.717) is 12.1 Å². The molecule has 2 amide bonds. The Hall–Kier alpha value is -2.48. The molecule has 1 atom stereocenters. The molecule has 2 aliphatic rings. The summed E-state index contributed by atoms with van der Waals surface area (Å²) in [5.74, 6) is -0.322. The molecule has 1 aromatic heterocycles. The Bertz CT molecular complexity index is 937. The number of aryl methyl sites for hydroxylation is 1. The minimum Gasteiger partial charge on any atom is -0.345 e. The highest BCUT2D eigenvalue weighted by molar-refractivity contribution is 7.15. The molecule has 1 aliphatic carbocycles. The molecular formula is C22H27FN4O2S. The topological polar surface area (TPSA) is 65.5 Å². The molecule has 1 unspecified atom stereocenters. The Morgan fingerprint density at radius 3 is 2.70 bits per heavy atom. The third-order valence-electron chi connectivity index (χ3n) is 5.75. The molecule has 0 spiro atoms. The molecule has 2 heterocycles. The van der Waals surface area contributed by atoms with E-state index in [9.17, 15) is 14.0 Å². The highest BCUT2D eigenvalue weighted by Gasteiger charge is 2.30. The standard InChI is InChI=1S/C22H27FN4O2S/c1-14(2)21(29)26-8-10-27(11-9-26)22-25-18-7-6-15(12-19(18)30-22)20(28)24-17-5-3-4-16(23)13-17/h3-5,13-15H,6-12H2,1-2H3,(H,24,28). The van der Waals surface area contributed by atoms with Crippen molar-refractivity contribution in [3.8, 4) is 0 Å². The molecule has 1 aliphatic heterocycles. The van der Waals surface area contributed by atoms with E-state index in [0.717, 1.165) is 54.7 Å². The second kappa shape index (κ2) is 8.71. The molecule has 1 saturated heterocycles. The van der Waals surface area contributed by atoms with Gasteiger partial charge in [-0.15, -0.1) is 11.3 Å². The number of benzene rings is 1. The van der Waals surface area contributed by atoms with E-state index in [4.69, 9.17) is 4.98 Å². The summed E-state index contributed by atoms with van der Waals surface area (Å²) in [6, 6.07) is 5.98. The van der Waals surface area contributed by atoms with Gasteiger partial charge < -0.3 is 15.1 Å². The molecule has 0 bridgehead atoms. The van der Waals surface area contributed by atoms with Crippen LogP contribution in [0, 0.1) is 17.7 Å². The van der Waals surface area contributed by atoms with E-state index in [1.807, 2.05) is 18.7 Å². The number of carbonyl (C=O) groups is 2. The van der Waals surface area contributed by atoms with Crippen molar-refractivity contribution in [2.24, 2.45) is 11.8 Å². The van der Waals surface area contributed by atoms with Crippen LogP contribution in [0.15, 0.2) is 24.3 Å². The van der Waals surface area contributed by atoms with Gasteiger partial charge in [-0.05, 0) is 37.5 Å². The fraction of sp³-hybridized carbons (Fsp3) is 0.500. The normalized spacial score (nSPS) is 19.0. The van der Waals surface area contributed by atoms with Crippen LogP contribution in [0.3, 0.4) is 0 Å². The fourth-order valence-corrected chi connectivity index (χ4v) is 5.25. The third-order valence-corrected chi connectivity index (χ3v) is 6.93. The summed E-state index contributed by atoms with van der Waals surface area (Å²) in [4.78, 5) is 35.0. The number of anilines is 2. The first kappa shape index (κ1) is 20.8. The summed E-state index contributed by atoms with van der Waals surface area (Å²) in [5, 5.41) is 3.82. The molecule has 6 nitrogen and oxygen atoms in total. The van der Waals surface area contributed by atoms with E-state index in [1.54, 1.807) is 23.5 Å². The molecule has 1 N–H and O–H groups in total. The maximum atomic E-state index is 13.4. The second-order valence-electron chi connectivity index (χ2n) is 8.27. The molecule has 8 heteroatoms. The number of fused-ring (bicyclic) bond motifs is 1. The summed E-state index contributed by atoms with van der Waals surface area (Å²) in [5.41, 5.74) is 1.58. The van der Waals surface area contributed by atoms with Gasteiger partial charge in [0.05, 0.1) is 5.69 Å². The summed E-state index contributed by atoms with van der Waals surface area (Å²) in [6.45, 7) is 6.89. The molecule has 4 rings (SSSR count). The Morgan fingerprint density at radius 2 is 2.00 bits per heavy atom. The van der Waals surface area contributed by atoms with Crippen LogP contribution < -0.4 is 10.2 Å². The lowest BCUT2D eigenvalue weighted by molar-refractivity contribution is -0.134. The Kier molecular flexibility index (Phi) is 6.04. The third kappa shape index (κ3) is 4.48. The van der Waals surface area contributed by atoms with Crippen molar-refractivity contribution in [1.29, 1.82) is 0 Å². The van der Waals surface area contributed by atoms with Gasteiger partial charge in [0, 0.05) is 48.6 Å². The number of hydrogen-bond donors (Lipinski definition) is 1. The van der Waals surface area contributed by atoms with Crippen LogP contribution in [-0.2, 0) is 22.4 Å². The van der Waals surface area contributed by atoms with Gasteiger partial charge in [-0.25, -0.2) is 9.37 Å². The molecule has 160 valence electrons. The SMILES string of the molecule is CC(C)C(=O)N1CCN(c2nc3c(s2)CC(C(=O)Nc2cccc(F)c2)CC3)CC1. The van der Waals surface area contributed by atoms with Gasteiger partial charge in [0.25, 0.3) is 0 Å². The number of rotatable bonds is 4. The zero-order valence-corrected chi connectivity index (χ0v) is 18.2. The predicted molar refractivity (Wildman–Crippen MR) is 116 cm³/mol. The number of nitrogens with one attached hydrogen (secondary N) is 1. The van der Waals surface area contributed by atoms with Crippen molar-refractivity contribution in [2.75, 3.05) is 36.4 Å². The largest absolute Gasteiger partial charge is 0.345 e. The predicted octanol–water partition coefficient (Wildman–Crippen LogP) is 3.33. The van der Waals surface area contributed by atoms with Gasteiger partial charge in [0.15, 0.2) is 5.13 Å². The molecule has 2 aromatic rings. The van der Waals surface area contributed by atoms with E-state index in [1.165, 1.54) is 12.1 Å². The quantitative estimate of drug-likeness (QED) is 0.808. The van der Waals surface area contributed by atoms with Gasteiger partial charge in [-0.1, -0.05) is 19.9 Å². The van der Waals surface area contributed by atoms with E-state index in [-0.39, 0.29) is 29.5 Å². The number of piperazine rings is 1. The number of thiazole rings is 1. The summed E-state index contributed by atoms with van der Waals surface area (Å²) >= 11 is 1.66. The highest BCUT2D eigenvalue weighted by Crippen LogP contribution is 2.35. The zero-order chi connectivity index (χ0) is 21.3. The average Bonchev–Trinajstić information content (AvgIpc) is 3.16. The van der Waals surface area contributed by atoms with Crippen LogP contribution >= 0.6 is 11.3 Å². The molecular weight excluding hydrogens is 403 g/mol. The second-order valence-corrected chi connectivity index (χ2v) is 9.33. The summed E-state index contributed by atoms with van der Waals surface area (Å²) in [6.07, 6.45) is 2.19. The Morgan fingerprint density at radius 1 is 1.23 bits per heavy atom. The van der Waals surface area contributed by atoms with Gasteiger partial charge in [0.2, 0.25) is 11.8 Å². The maximum Gasteiger partial charge on any atom is 0.227 e. The molecule has 1 aromatic carbocycles. The van der Waals surface area contributed by atoms with Gasteiger partial charge in [-0.3, -0.25) is 9.59 Å². The van der Waals surface area contributed by atoms with E-state index >= 15 is 0 Å². The smallest absolute Gasteiger partial charge is 0.227 e. The highest BCUT2D eigenvalue weighted by atomic mass is 32.1. The maximum absolute atomic E-state index is 13.4. The number of hydrogen-bond acceptors (Lipinski definition) is 5. The van der Waals surface area contributed by atoms with Gasteiger partial charge >= 0.3 is 0 Å². The Balaban J connectivity index is 1.37. The molecule has 0 saturated carbocycles. The van der Waals surface area contributed by atoms with Gasteiger partial charge in [-0.2, -0.15) is 0 Å². The van der Waals surface area contributed by atoms with Crippen LogP contribution in [0.2, 0.25) is 0 Å². The first-order valence-corrected chi connectivity index (χ1v) is 11.3. The van der Waals surface area contributed by atoms with Crippen molar-refractivity contribution >= 4 is 34.0 Å². The van der Waals surface area contributed by atoms with Crippen LogP contribution in [-0.4, -0.2) is 47.9 Å². The average molecular weight is 431 g/mol. The lowest BCUT2D eigenvalue weighted by Gasteiger charge is -2.35. The molecule has 0 radical (unpaired) electrons. The number of halogens is 1. The number of carbonyl (C=O) groups excluding carboxylic acids is 2. The zero-order valence-electron chi connectivity index (χ0n) is 17.4. The first-order chi connectivity index (χ1) is 14.4. The van der Waals surface area contributed by atoms with Crippen LogP contribution in [0.4, 0.5) is 15.2 Å².